The highest BCUT2D eigenvalue weighted by Gasteiger charge is 2.20. The fourth-order valence-corrected chi connectivity index (χ4v) is 2.00. The van der Waals surface area contributed by atoms with Crippen molar-refractivity contribution in [3.63, 3.8) is 0 Å². The minimum absolute atomic E-state index is 0.138. The summed E-state index contributed by atoms with van der Waals surface area (Å²) in [5.41, 5.74) is -0.170. The van der Waals surface area contributed by atoms with E-state index in [1.807, 2.05) is 38.1 Å². The Morgan fingerprint density at radius 1 is 1.25 bits per heavy atom. The van der Waals surface area contributed by atoms with Crippen LogP contribution in [0.25, 0.3) is 10.8 Å². The van der Waals surface area contributed by atoms with Crippen molar-refractivity contribution in [2.24, 2.45) is 0 Å². The summed E-state index contributed by atoms with van der Waals surface area (Å²) in [4.78, 5) is 24.4. The van der Waals surface area contributed by atoms with Gasteiger partial charge in [-0.3, -0.25) is 4.79 Å². The van der Waals surface area contributed by atoms with Crippen LogP contribution in [0.15, 0.2) is 41.3 Å². The van der Waals surface area contributed by atoms with Gasteiger partial charge in [0.2, 0.25) is 0 Å². The average molecular weight is 273 g/mol. The Labute approximate surface area is 118 Å². The van der Waals surface area contributed by atoms with E-state index in [2.05, 4.69) is 0 Å². The highest BCUT2D eigenvalue weighted by atomic mass is 16.5. The Morgan fingerprint density at radius 3 is 2.65 bits per heavy atom. The van der Waals surface area contributed by atoms with Gasteiger partial charge in [0.1, 0.15) is 6.04 Å². The molecule has 1 heterocycles. The minimum atomic E-state index is -0.624. The molecule has 2 unspecified atom stereocenters. The molecular weight excluding hydrogens is 254 g/mol. The van der Waals surface area contributed by atoms with Crippen LogP contribution < -0.4 is 5.56 Å². The molecule has 0 bridgehead atoms. The fourth-order valence-electron chi connectivity index (χ4n) is 2.00. The summed E-state index contributed by atoms with van der Waals surface area (Å²) in [6.07, 6.45) is 2.26. The van der Waals surface area contributed by atoms with Gasteiger partial charge in [0, 0.05) is 11.6 Å². The van der Waals surface area contributed by atoms with E-state index in [1.165, 1.54) is 4.57 Å². The van der Waals surface area contributed by atoms with Crippen molar-refractivity contribution in [1.82, 2.24) is 4.57 Å². The lowest BCUT2D eigenvalue weighted by Crippen LogP contribution is -2.30. The van der Waals surface area contributed by atoms with Crippen LogP contribution in [-0.4, -0.2) is 16.6 Å². The van der Waals surface area contributed by atoms with Crippen molar-refractivity contribution in [2.75, 3.05) is 0 Å². The molecule has 0 spiro atoms. The quantitative estimate of drug-likeness (QED) is 0.805. The minimum Gasteiger partial charge on any atom is -0.461 e. The third-order valence-corrected chi connectivity index (χ3v) is 3.49. The molecule has 0 amide bonds. The molecule has 2 aromatic rings. The van der Waals surface area contributed by atoms with Gasteiger partial charge in [-0.15, -0.1) is 0 Å². The van der Waals surface area contributed by atoms with Crippen molar-refractivity contribution < 1.29 is 9.53 Å². The topological polar surface area (TPSA) is 48.3 Å². The number of aromatic nitrogens is 1. The van der Waals surface area contributed by atoms with E-state index in [0.29, 0.717) is 5.39 Å². The van der Waals surface area contributed by atoms with E-state index < -0.39 is 6.04 Å². The van der Waals surface area contributed by atoms with Crippen LogP contribution in [0.5, 0.6) is 0 Å². The number of nitrogens with zero attached hydrogens (tertiary/aromatic N) is 1. The van der Waals surface area contributed by atoms with Gasteiger partial charge in [0.15, 0.2) is 0 Å². The molecule has 20 heavy (non-hydrogen) atoms. The van der Waals surface area contributed by atoms with Crippen LogP contribution in [0.3, 0.4) is 0 Å². The Kier molecular flexibility index (Phi) is 4.23. The van der Waals surface area contributed by atoms with Gasteiger partial charge in [-0.1, -0.05) is 25.1 Å². The second-order valence-corrected chi connectivity index (χ2v) is 4.95. The van der Waals surface area contributed by atoms with Crippen molar-refractivity contribution in [2.45, 2.75) is 39.3 Å². The van der Waals surface area contributed by atoms with E-state index in [4.69, 9.17) is 4.74 Å². The Morgan fingerprint density at radius 2 is 1.95 bits per heavy atom. The lowest BCUT2D eigenvalue weighted by molar-refractivity contribution is -0.151. The zero-order chi connectivity index (χ0) is 14.7. The van der Waals surface area contributed by atoms with Gasteiger partial charge < -0.3 is 9.30 Å². The lowest BCUT2D eigenvalue weighted by Gasteiger charge is -2.17. The molecule has 2 atom stereocenters. The summed E-state index contributed by atoms with van der Waals surface area (Å²) in [6.45, 7) is 5.47. The molecule has 1 aromatic carbocycles. The molecule has 0 radical (unpaired) electrons. The number of esters is 1. The first-order valence-corrected chi connectivity index (χ1v) is 6.85. The van der Waals surface area contributed by atoms with Crippen LogP contribution in [0.1, 0.15) is 33.2 Å². The molecular formula is C16H19NO3. The molecule has 0 saturated heterocycles. The molecule has 4 heteroatoms. The van der Waals surface area contributed by atoms with Crippen LogP contribution in [0, 0.1) is 0 Å². The molecule has 2 rings (SSSR count). The Hall–Kier alpha value is -2.10. The number of pyridine rings is 1. The summed E-state index contributed by atoms with van der Waals surface area (Å²) in [7, 11) is 0. The van der Waals surface area contributed by atoms with Crippen molar-refractivity contribution in [3.05, 3.63) is 46.9 Å². The average Bonchev–Trinajstić information content (AvgIpc) is 2.47. The van der Waals surface area contributed by atoms with Gasteiger partial charge in [0.05, 0.1) is 6.10 Å². The van der Waals surface area contributed by atoms with Crippen molar-refractivity contribution in [1.29, 1.82) is 0 Å². The van der Waals surface area contributed by atoms with Crippen LogP contribution in [-0.2, 0) is 9.53 Å². The van der Waals surface area contributed by atoms with Gasteiger partial charge in [-0.05, 0) is 37.8 Å². The van der Waals surface area contributed by atoms with Gasteiger partial charge >= 0.3 is 5.97 Å². The maximum absolute atomic E-state index is 12.4. The van der Waals surface area contributed by atoms with Crippen LogP contribution >= 0.6 is 0 Å². The number of carbonyl (C=O) groups excluding carboxylic acids is 1. The highest BCUT2D eigenvalue weighted by Crippen LogP contribution is 2.13. The Bertz CT molecular complexity index is 675. The summed E-state index contributed by atoms with van der Waals surface area (Å²) in [6, 6.07) is 8.55. The maximum Gasteiger partial charge on any atom is 0.329 e. The lowest BCUT2D eigenvalue weighted by atomic mass is 10.1. The molecule has 0 saturated carbocycles. The molecule has 0 fully saturated rings. The summed E-state index contributed by atoms with van der Waals surface area (Å²) < 4.78 is 6.71. The van der Waals surface area contributed by atoms with Gasteiger partial charge in [-0.2, -0.15) is 0 Å². The van der Waals surface area contributed by atoms with E-state index in [1.54, 1.807) is 19.2 Å². The molecule has 0 N–H and O–H groups in total. The maximum atomic E-state index is 12.4. The molecule has 106 valence electrons. The molecule has 0 aliphatic rings. The van der Waals surface area contributed by atoms with E-state index >= 15 is 0 Å². The normalized spacial score (nSPS) is 13.9. The molecule has 4 nitrogen and oxygen atoms in total. The summed E-state index contributed by atoms with van der Waals surface area (Å²) >= 11 is 0. The first-order valence-electron chi connectivity index (χ1n) is 6.85. The number of benzene rings is 1. The number of hydrogen-bond acceptors (Lipinski definition) is 3. The predicted octanol–water partition coefficient (Wildman–Crippen LogP) is 2.90. The Balaban J connectivity index is 2.35. The predicted molar refractivity (Wildman–Crippen MR) is 78.8 cm³/mol. The highest BCUT2D eigenvalue weighted by molar-refractivity contribution is 5.82. The van der Waals surface area contributed by atoms with E-state index in [9.17, 15) is 9.59 Å². The van der Waals surface area contributed by atoms with Crippen molar-refractivity contribution in [3.8, 4) is 0 Å². The number of carbonyl (C=O) groups is 1. The van der Waals surface area contributed by atoms with E-state index in [0.717, 1.165) is 11.8 Å². The largest absolute Gasteiger partial charge is 0.461 e. The summed E-state index contributed by atoms with van der Waals surface area (Å²) in [5, 5.41) is 1.48. The zero-order valence-electron chi connectivity index (χ0n) is 12.0. The van der Waals surface area contributed by atoms with Crippen LogP contribution in [0.4, 0.5) is 0 Å². The fraction of sp³-hybridized carbons (Fsp3) is 0.375. The number of ether oxygens (including phenoxy) is 1. The van der Waals surface area contributed by atoms with Gasteiger partial charge in [-0.25, -0.2) is 4.79 Å². The number of hydrogen-bond donors (Lipinski definition) is 0. The van der Waals surface area contributed by atoms with E-state index in [-0.39, 0.29) is 17.6 Å². The second-order valence-electron chi connectivity index (χ2n) is 4.95. The first-order chi connectivity index (χ1) is 9.54. The smallest absolute Gasteiger partial charge is 0.329 e. The first kappa shape index (κ1) is 14.3. The van der Waals surface area contributed by atoms with Crippen LogP contribution in [0.2, 0.25) is 0 Å². The third kappa shape index (κ3) is 2.74. The zero-order valence-corrected chi connectivity index (χ0v) is 12.0. The standard InChI is InChI=1S/C16H19NO3/c1-4-11(2)20-16(19)12(3)17-10-9-13-7-5-6-8-14(13)15(17)18/h5-12H,4H2,1-3H3. The third-order valence-electron chi connectivity index (χ3n) is 3.49. The number of rotatable bonds is 4. The monoisotopic (exact) mass is 273 g/mol. The molecule has 1 aromatic heterocycles. The summed E-state index contributed by atoms with van der Waals surface area (Å²) in [5.74, 6) is -0.378. The second kappa shape index (κ2) is 5.90. The van der Waals surface area contributed by atoms with Gasteiger partial charge in [0.25, 0.3) is 5.56 Å². The molecule has 0 aliphatic heterocycles. The molecule has 0 aliphatic carbocycles. The van der Waals surface area contributed by atoms with Crippen molar-refractivity contribution >= 4 is 16.7 Å². The SMILES string of the molecule is CCC(C)OC(=O)C(C)n1ccc2ccccc2c1=O. The number of fused-ring (bicyclic) bond motifs is 1.